The highest BCUT2D eigenvalue weighted by Crippen LogP contribution is 2.29. The number of furan rings is 1. The first-order valence-electron chi connectivity index (χ1n) is 9.39. The second-order valence-corrected chi connectivity index (χ2v) is 7.44. The van der Waals surface area contributed by atoms with E-state index in [0.717, 1.165) is 11.1 Å². The number of urea groups is 1. The molecule has 7 heteroatoms. The molecule has 0 aliphatic carbocycles. The van der Waals surface area contributed by atoms with Crippen molar-refractivity contribution >= 4 is 17.0 Å². The summed E-state index contributed by atoms with van der Waals surface area (Å²) in [5.74, 6) is -0.0210. The van der Waals surface area contributed by atoms with E-state index in [9.17, 15) is 13.6 Å². The maximum atomic E-state index is 13.9. The Balaban J connectivity index is 1.63. The van der Waals surface area contributed by atoms with Crippen molar-refractivity contribution in [2.75, 3.05) is 14.1 Å². The highest BCUT2D eigenvalue weighted by atomic mass is 19.1. The molecule has 5 nitrogen and oxygen atoms in total. The van der Waals surface area contributed by atoms with Crippen LogP contribution in [-0.4, -0.2) is 25.0 Å². The van der Waals surface area contributed by atoms with Crippen LogP contribution in [0.2, 0.25) is 0 Å². The van der Waals surface area contributed by atoms with Crippen LogP contribution < -0.4 is 10.6 Å². The summed E-state index contributed by atoms with van der Waals surface area (Å²) in [6.45, 7) is 4.38. The standard InChI is InChI=1S/C22H25F2N3O2/c1-13-18-10-17(23)6-8-20(18)29-21(13)14(2)26-22(28)25-11-15-5-7-19(24)16(9-15)12-27(3)4/h5-10,14H,11-12H2,1-4H3,(H2,25,26,28). The summed E-state index contributed by atoms with van der Waals surface area (Å²) in [5, 5.41) is 6.28. The third-order valence-corrected chi connectivity index (χ3v) is 4.73. The van der Waals surface area contributed by atoms with Crippen molar-refractivity contribution in [1.82, 2.24) is 15.5 Å². The monoisotopic (exact) mass is 401 g/mol. The van der Waals surface area contributed by atoms with Gasteiger partial charge in [0.2, 0.25) is 0 Å². The first-order chi connectivity index (χ1) is 13.7. The lowest BCUT2D eigenvalue weighted by molar-refractivity contribution is 0.236. The molecule has 1 heterocycles. The molecule has 0 fully saturated rings. The minimum Gasteiger partial charge on any atom is -0.459 e. The zero-order valence-electron chi connectivity index (χ0n) is 17.0. The van der Waals surface area contributed by atoms with E-state index in [4.69, 9.17) is 4.42 Å². The number of rotatable bonds is 6. The van der Waals surface area contributed by atoms with Gasteiger partial charge in [0.25, 0.3) is 0 Å². The van der Waals surface area contributed by atoms with Crippen molar-refractivity contribution in [3.05, 3.63) is 70.5 Å². The molecule has 29 heavy (non-hydrogen) atoms. The lowest BCUT2D eigenvalue weighted by Gasteiger charge is -2.15. The van der Waals surface area contributed by atoms with Gasteiger partial charge in [0.15, 0.2) is 0 Å². The largest absolute Gasteiger partial charge is 0.459 e. The number of amides is 2. The number of hydrogen-bond donors (Lipinski definition) is 2. The molecule has 1 unspecified atom stereocenters. The summed E-state index contributed by atoms with van der Waals surface area (Å²) in [6.07, 6.45) is 0. The number of carbonyl (C=O) groups excluding carboxylic acids is 1. The van der Waals surface area contributed by atoms with E-state index in [0.29, 0.717) is 28.8 Å². The lowest BCUT2D eigenvalue weighted by atomic mass is 10.1. The molecule has 2 aromatic carbocycles. The quantitative estimate of drug-likeness (QED) is 0.633. The maximum absolute atomic E-state index is 13.9. The van der Waals surface area contributed by atoms with E-state index < -0.39 is 6.04 Å². The van der Waals surface area contributed by atoms with Crippen molar-refractivity contribution in [2.24, 2.45) is 0 Å². The van der Waals surface area contributed by atoms with Crippen LogP contribution in [-0.2, 0) is 13.1 Å². The Morgan fingerprint density at radius 1 is 1.17 bits per heavy atom. The molecule has 3 rings (SSSR count). The summed E-state index contributed by atoms with van der Waals surface area (Å²) in [7, 11) is 3.74. The van der Waals surface area contributed by atoms with Crippen LogP contribution in [0, 0.1) is 18.6 Å². The number of benzene rings is 2. The molecule has 2 N–H and O–H groups in total. The van der Waals surface area contributed by atoms with Gasteiger partial charge in [0.1, 0.15) is 23.0 Å². The zero-order valence-corrected chi connectivity index (χ0v) is 17.0. The van der Waals surface area contributed by atoms with Gasteiger partial charge in [-0.2, -0.15) is 0 Å². The van der Waals surface area contributed by atoms with Gasteiger partial charge < -0.3 is 20.0 Å². The van der Waals surface area contributed by atoms with Gasteiger partial charge in [-0.25, -0.2) is 13.6 Å². The number of aryl methyl sites for hydroxylation is 1. The molecule has 0 aliphatic rings. The molecule has 2 amide bonds. The number of halogens is 2. The van der Waals surface area contributed by atoms with Crippen LogP contribution in [0.25, 0.3) is 11.0 Å². The predicted octanol–water partition coefficient (Wildman–Crippen LogP) is 4.64. The number of hydrogen-bond acceptors (Lipinski definition) is 3. The summed E-state index contributed by atoms with van der Waals surface area (Å²) in [4.78, 5) is 14.2. The zero-order chi connectivity index (χ0) is 21.1. The molecule has 154 valence electrons. The summed E-state index contributed by atoms with van der Waals surface area (Å²) < 4.78 is 33.1. The Hall–Kier alpha value is -2.93. The van der Waals surface area contributed by atoms with Crippen LogP contribution in [0.1, 0.15) is 35.4 Å². The van der Waals surface area contributed by atoms with E-state index in [1.54, 1.807) is 25.1 Å². The topological polar surface area (TPSA) is 57.5 Å². The smallest absolute Gasteiger partial charge is 0.315 e. The molecule has 0 saturated heterocycles. The average molecular weight is 401 g/mol. The molecular weight excluding hydrogens is 376 g/mol. The van der Waals surface area contributed by atoms with Gasteiger partial charge in [0.05, 0.1) is 6.04 Å². The van der Waals surface area contributed by atoms with Crippen molar-refractivity contribution in [1.29, 1.82) is 0 Å². The van der Waals surface area contributed by atoms with Crippen molar-refractivity contribution in [3.8, 4) is 0 Å². The summed E-state index contributed by atoms with van der Waals surface area (Å²) in [6, 6.07) is 8.37. The molecule has 0 radical (unpaired) electrons. The van der Waals surface area contributed by atoms with E-state index in [2.05, 4.69) is 10.6 Å². The number of carbonyl (C=O) groups is 1. The molecular formula is C22H25F2N3O2. The Morgan fingerprint density at radius 3 is 2.66 bits per heavy atom. The molecule has 1 aromatic heterocycles. The van der Waals surface area contributed by atoms with Crippen LogP contribution >= 0.6 is 0 Å². The Morgan fingerprint density at radius 2 is 1.93 bits per heavy atom. The predicted molar refractivity (Wildman–Crippen MR) is 108 cm³/mol. The molecule has 0 spiro atoms. The molecule has 3 aromatic rings. The molecule has 0 bridgehead atoms. The van der Waals surface area contributed by atoms with Crippen molar-refractivity contribution in [2.45, 2.75) is 33.0 Å². The third kappa shape index (κ3) is 4.92. The second kappa shape index (κ2) is 8.61. The van der Waals surface area contributed by atoms with Gasteiger partial charge in [-0.05, 0) is 63.8 Å². The normalized spacial score (nSPS) is 12.4. The maximum Gasteiger partial charge on any atom is 0.315 e. The van der Waals surface area contributed by atoms with E-state index in [-0.39, 0.29) is 24.2 Å². The first-order valence-corrected chi connectivity index (χ1v) is 9.39. The molecule has 1 atom stereocenters. The molecule has 0 saturated carbocycles. The lowest BCUT2D eigenvalue weighted by Crippen LogP contribution is -2.36. The Bertz CT molecular complexity index is 1030. The van der Waals surface area contributed by atoms with Gasteiger partial charge in [-0.15, -0.1) is 0 Å². The minimum atomic E-state index is -0.400. The fraction of sp³-hybridized carbons (Fsp3) is 0.318. The Labute approximate surface area is 168 Å². The summed E-state index contributed by atoms with van der Waals surface area (Å²) in [5.41, 5.74) is 2.75. The number of nitrogens with zero attached hydrogens (tertiary/aromatic N) is 1. The Kier molecular flexibility index (Phi) is 6.17. The van der Waals surface area contributed by atoms with Crippen LogP contribution in [0.3, 0.4) is 0 Å². The van der Waals surface area contributed by atoms with E-state index >= 15 is 0 Å². The third-order valence-electron chi connectivity index (χ3n) is 4.73. The fourth-order valence-corrected chi connectivity index (χ4v) is 3.32. The first kappa shape index (κ1) is 20.8. The number of nitrogens with one attached hydrogen (secondary N) is 2. The van der Waals surface area contributed by atoms with Gasteiger partial charge in [-0.3, -0.25) is 0 Å². The van der Waals surface area contributed by atoms with Gasteiger partial charge >= 0.3 is 6.03 Å². The van der Waals surface area contributed by atoms with Crippen LogP contribution in [0.15, 0.2) is 40.8 Å². The van der Waals surface area contributed by atoms with Crippen LogP contribution in [0.5, 0.6) is 0 Å². The summed E-state index contributed by atoms with van der Waals surface area (Å²) >= 11 is 0. The SMILES string of the molecule is Cc1c(C(C)NC(=O)NCc2ccc(F)c(CN(C)C)c2)oc2ccc(F)cc12. The minimum absolute atomic E-state index is 0.266. The highest BCUT2D eigenvalue weighted by Gasteiger charge is 2.19. The van der Waals surface area contributed by atoms with Crippen molar-refractivity contribution in [3.63, 3.8) is 0 Å². The van der Waals surface area contributed by atoms with E-state index in [1.165, 1.54) is 18.2 Å². The van der Waals surface area contributed by atoms with Gasteiger partial charge in [0, 0.05) is 29.6 Å². The molecule has 0 aliphatic heterocycles. The van der Waals surface area contributed by atoms with Crippen LogP contribution in [0.4, 0.5) is 13.6 Å². The van der Waals surface area contributed by atoms with E-state index in [1.807, 2.05) is 25.9 Å². The average Bonchev–Trinajstić information content (AvgIpc) is 2.98. The highest BCUT2D eigenvalue weighted by molar-refractivity contribution is 5.82. The van der Waals surface area contributed by atoms with Gasteiger partial charge in [-0.1, -0.05) is 6.07 Å². The number of fused-ring (bicyclic) bond motifs is 1. The fourth-order valence-electron chi connectivity index (χ4n) is 3.32. The second-order valence-electron chi connectivity index (χ2n) is 7.44. The van der Waals surface area contributed by atoms with Crippen molar-refractivity contribution < 1.29 is 18.0 Å².